The molecule has 0 aliphatic carbocycles. The first-order valence-electron chi connectivity index (χ1n) is 7.43. The van der Waals surface area contributed by atoms with Gasteiger partial charge in [0.15, 0.2) is 0 Å². The average molecular weight is 379 g/mol. The lowest BCUT2D eigenvalue weighted by atomic mass is 10.1. The summed E-state index contributed by atoms with van der Waals surface area (Å²) < 4.78 is 13.9. The van der Waals surface area contributed by atoms with Crippen LogP contribution in [0.25, 0.3) is 0 Å². The van der Waals surface area contributed by atoms with Crippen LogP contribution in [-0.2, 0) is 17.9 Å². The van der Waals surface area contributed by atoms with Gasteiger partial charge in [-0.25, -0.2) is 4.39 Å². The third-order valence-electron chi connectivity index (χ3n) is 3.80. The minimum Gasteiger partial charge on any atom is -0.351 e. The lowest BCUT2D eigenvalue weighted by Crippen LogP contribution is -2.42. The lowest BCUT2D eigenvalue weighted by Gasteiger charge is -2.24. The summed E-state index contributed by atoms with van der Waals surface area (Å²) in [7, 11) is 1.92. The maximum atomic E-state index is 12.9. The molecule has 1 amide bonds. The number of likely N-dealkylation sites (N-methyl/N-ethyl adjacent to an activating group) is 1. The van der Waals surface area contributed by atoms with Crippen LogP contribution < -0.4 is 5.32 Å². The van der Waals surface area contributed by atoms with Crippen molar-refractivity contribution in [3.05, 3.63) is 69.9 Å². The first kappa shape index (κ1) is 17.6. The van der Waals surface area contributed by atoms with Crippen LogP contribution in [0.3, 0.4) is 0 Å². The van der Waals surface area contributed by atoms with Gasteiger partial charge in [-0.1, -0.05) is 46.3 Å². The fraction of sp³-hybridized carbons (Fsp3) is 0.278. The molecule has 0 aliphatic heterocycles. The second-order valence-electron chi connectivity index (χ2n) is 5.53. The molecular weight excluding hydrogens is 359 g/mol. The molecule has 0 radical (unpaired) electrons. The summed E-state index contributed by atoms with van der Waals surface area (Å²) in [5, 5.41) is 2.88. The summed E-state index contributed by atoms with van der Waals surface area (Å²) in [6, 6.07) is 13.8. The van der Waals surface area contributed by atoms with Gasteiger partial charge in [0.2, 0.25) is 5.91 Å². The molecule has 1 N–H and O–H groups in total. The van der Waals surface area contributed by atoms with Gasteiger partial charge in [-0.05, 0) is 43.3 Å². The Kier molecular flexibility index (Phi) is 6.30. The van der Waals surface area contributed by atoms with Gasteiger partial charge < -0.3 is 5.32 Å². The second kappa shape index (κ2) is 8.22. The van der Waals surface area contributed by atoms with Crippen LogP contribution in [0.15, 0.2) is 53.0 Å². The summed E-state index contributed by atoms with van der Waals surface area (Å²) in [5.74, 6) is -0.328. The van der Waals surface area contributed by atoms with Crippen molar-refractivity contribution in [2.45, 2.75) is 26.1 Å². The molecule has 122 valence electrons. The van der Waals surface area contributed by atoms with Crippen molar-refractivity contribution in [2.24, 2.45) is 0 Å². The Bertz CT molecular complexity index is 660. The van der Waals surface area contributed by atoms with Gasteiger partial charge in [0.05, 0.1) is 6.04 Å². The number of carbonyl (C=O) groups excluding carboxylic acids is 1. The van der Waals surface area contributed by atoms with E-state index in [1.54, 1.807) is 12.1 Å². The van der Waals surface area contributed by atoms with Crippen molar-refractivity contribution in [1.82, 2.24) is 10.2 Å². The Morgan fingerprint density at radius 3 is 2.52 bits per heavy atom. The van der Waals surface area contributed by atoms with E-state index in [4.69, 9.17) is 0 Å². The Morgan fingerprint density at radius 2 is 1.87 bits per heavy atom. The van der Waals surface area contributed by atoms with Gasteiger partial charge in [-0.3, -0.25) is 9.69 Å². The van der Waals surface area contributed by atoms with Crippen molar-refractivity contribution in [3.8, 4) is 0 Å². The Balaban J connectivity index is 1.88. The molecule has 0 aromatic heterocycles. The molecule has 0 heterocycles. The monoisotopic (exact) mass is 378 g/mol. The van der Waals surface area contributed by atoms with Crippen LogP contribution >= 0.6 is 15.9 Å². The van der Waals surface area contributed by atoms with Crippen LogP contribution in [0.5, 0.6) is 0 Å². The van der Waals surface area contributed by atoms with Crippen molar-refractivity contribution in [3.63, 3.8) is 0 Å². The molecule has 5 heteroatoms. The summed E-state index contributed by atoms with van der Waals surface area (Å²) in [6.45, 7) is 2.94. The highest BCUT2D eigenvalue weighted by molar-refractivity contribution is 9.10. The van der Waals surface area contributed by atoms with Crippen LogP contribution in [0.2, 0.25) is 0 Å². The van der Waals surface area contributed by atoms with Gasteiger partial charge in [-0.15, -0.1) is 0 Å². The average Bonchev–Trinajstić information content (AvgIpc) is 2.55. The molecular formula is C18H20BrFN2O. The summed E-state index contributed by atoms with van der Waals surface area (Å²) >= 11 is 3.52. The molecule has 23 heavy (non-hydrogen) atoms. The predicted molar refractivity (Wildman–Crippen MR) is 93.3 cm³/mol. The third kappa shape index (κ3) is 5.15. The number of nitrogens with one attached hydrogen (secondary N) is 1. The quantitative estimate of drug-likeness (QED) is 0.830. The molecule has 0 saturated heterocycles. The SMILES string of the molecule is CC(C(=O)NCc1ccc(F)cc1)N(C)Cc1ccccc1Br. The topological polar surface area (TPSA) is 32.3 Å². The fourth-order valence-corrected chi connectivity index (χ4v) is 2.58. The zero-order valence-corrected chi connectivity index (χ0v) is 14.8. The first-order valence-corrected chi connectivity index (χ1v) is 8.22. The van der Waals surface area contributed by atoms with Gasteiger partial charge in [0.1, 0.15) is 5.82 Å². The van der Waals surface area contributed by atoms with Gasteiger partial charge >= 0.3 is 0 Å². The van der Waals surface area contributed by atoms with Crippen molar-refractivity contribution in [1.29, 1.82) is 0 Å². The number of halogens is 2. The molecule has 0 spiro atoms. The number of benzene rings is 2. The van der Waals surface area contributed by atoms with Crippen LogP contribution in [0, 0.1) is 5.82 Å². The molecule has 2 rings (SSSR count). The van der Waals surface area contributed by atoms with E-state index < -0.39 is 0 Å². The van der Waals surface area contributed by atoms with E-state index in [-0.39, 0.29) is 17.8 Å². The van der Waals surface area contributed by atoms with Gasteiger partial charge in [-0.2, -0.15) is 0 Å². The maximum absolute atomic E-state index is 12.9. The van der Waals surface area contributed by atoms with E-state index in [0.29, 0.717) is 13.1 Å². The number of rotatable bonds is 6. The highest BCUT2D eigenvalue weighted by Crippen LogP contribution is 2.18. The van der Waals surface area contributed by atoms with E-state index in [9.17, 15) is 9.18 Å². The van der Waals surface area contributed by atoms with E-state index in [1.807, 2.05) is 43.1 Å². The highest BCUT2D eigenvalue weighted by atomic mass is 79.9. The molecule has 2 aromatic carbocycles. The second-order valence-corrected chi connectivity index (χ2v) is 6.38. The lowest BCUT2D eigenvalue weighted by molar-refractivity contribution is -0.125. The standard InChI is InChI=1S/C18H20BrFN2O/c1-13(22(2)12-15-5-3-4-6-17(15)19)18(23)21-11-14-7-9-16(20)10-8-14/h3-10,13H,11-12H2,1-2H3,(H,21,23). The van der Waals surface area contributed by atoms with Crippen molar-refractivity contribution < 1.29 is 9.18 Å². The smallest absolute Gasteiger partial charge is 0.237 e. The van der Waals surface area contributed by atoms with Crippen LogP contribution in [0.1, 0.15) is 18.1 Å². The van der Waals surface area contributed by atoms with Crippen LogP contribution in [0.4, 0.5) is 4.39 Å². The third-order valence-corrected chi connectivity index (χ3v) is 4.57. The Labute approximate surface area is 144 Å². The van der Waals surface area contributed by atoms with E-state index in [2.05, 4.69) is 21.2 Å². The minimum atomic E-state index is -0.276. The first-order chi connectivity index (χ1) is 11.0. The number of amides is 1. The number of hydrogen-bond donors (Lipinski definition) is 1. The number of nitrogens with zero attached hydrogens (tertiary/aromatic N) is 1. The summed E-state index contributed by atoms with van der Waals surface area (Å²) in [5.41, 5.74) is 2.01. The number of hydrogen-bond acceptors (Lipinski definition) is 2. The van der Waals surface area contributed by atoms with Crippen molar-refractivity contribution >= 4 is 21.8 Å². The molecule has 3 nitrogen and oxygen atoms in total. The van der Waals surface area contributed by atoms with E-state index >= 15 is 0 Å². The molecule has 0 saturated carbocycles. The van der Waals surface area contributed by atoms with Crippen molar-refractivity contribution in [2.75, 3.05) is 7.05 Å². The van der Waals surface area contributed by atoms with Gasteiger partial charge in [0, 0.05) is 17.6 Å². The Hall–Kier alpha value is -1.72. The predicted octanol–water partition coefficient (Wildman–Crippen LogP) is 3.72. The highest BCUT2D eigenvalue weighted by Gasteiger charge is 2.18. The molecule has 0 aliphatic rings. The normalized spacial score (nSPS) is 12.2. The summed E-state index contributed by atoms with van der Waals surface area (Å²) in [6.07, 6.45) is 0. The molecule has 2 aromatic rings. The molecule has 0 fully saturated rings. The van der Waals surface area contributed by atoms with Gasteiger partial charge in [0.25, 0.3) is 0 Å². The zero-order chi connectivity index (χ0) is 16.8. The number of carbonyl (C=O) groups is 1. The molecule has 1 atom stereocenters. The molecule has 1 unspecified atom stereocenters. The minimum absolute atomic E-state index is 0.0520. The maximum Gasteiger partial charge on any atom is 0.237 e. The fourth-order valence-electron chi connectivity index (χ4n) is 2.17. The summed E-state index contributed by atoms with van der Waals surface area (Å²) in [4.78, 5) is 14.2. The van der Waals surface area contributed by atoms with E-state index in [0.717, 1.165) is 15.6 Å². The Morgan fingerprint density at radius 1 is 1.22 bits per heavy atom. The van der Waals surface area contributed by atoms with E-state index in [1.165, 1.54) is 12.1 Å². The van der Waals surface area contributed by atoms with Crippen LogP contribution in [-0.4, -0.2) is 23.9 Å². The largest absolute Gasteiger partial charge is 0.351 e. The molecule has 0 bridgehead atoms. The zero-order valence-electron chi connectivity index (χ0n) is 13.2.